The smallest absolute Gasteiger partial charge is 0.307 e. The number of carbonyl (C=O) groups excluding carboxylic acids is 1. The Morgan fingerprint density at radius 1 is 1.53 bits per heavy atom. The standard InChI is InChI=1S/C9H17NO4.ClH/c1-7(11)14-8(5-9(12)13)6-10(2,3)4;/h8H,5-6H2,1-4H3;1H/t8-;/m1./s1/i2D3;. The van der Waals surface area contributed by atoms with E-state index < -0.39 is 35.9 Å². The summed E-state index contributed by atoms with van der Waals surface area (Å²) < 4.78 is 26.3. The van der Waals surface area contributed by atoms with Crippen molar-refractivity contribution in [2.45, 2.75) is 19.4 Å². The Balaban J connectivity index is 0. The predicted molar refractivity (Wildman–Crippen MR) is 50.7 cm³/mol. The van der Waals surface area contributed by atoms with Crippen LogP contribution in [0.25, 0.3) is 0 Å². The van der Waals surface area contributed by atoms with Crippen LogP contribution in [0.5, 0.6) is 0 Å². The topological polar surface area (TPSA) is 63.6 Å². The van der Waals surface area contributed by atoms with Crippen molar-refractivity contribution in [2.24, 2.45) is 0 Å². The minimum absolute atomic E-state index is 0. The van der Waals surface area contributed by atoms with Crippen LogP contribution in [0.3, 0.4) is 0 Å². The number of carboxylic acid groups (broad SMARTS) is 1. The number of likely N-dealkylation sites (N-methyl/N-ethyl adjacent to an activating group) is 1. The second kappa shape index (κ2) is 6.63. The van der Waals surface area contributed by atoms with Crippen molar-refractivity contribution in [3.05, 3.63) is 0 Å². The summed E-state index contributed by atoms with van der Waals surface area (Å²) in [5.41, 5.74) is 0. The summed E-state index contributed by atoms with van der Waals surface area (Å²) in [5.74, 6) is -1.76. The van der Waals surface area contributed by atoms with Gasteiger partial charge in [-0.2, -0.15) is 0 Å². The highest BCUT2D eigenvalue weighted by molar-refractivity contribution is 5.69. The van der Waals surface area contributed by atoms with Crippen LogP contribution in [0.15, 0.2) is 0 Å². The molecule has 0 amide bonds. The maximum absolute atomic E-state index is 10.8. The molecule has 15 heavy (non-hydrogen) atoms. The van der Waals surface area contributed by atoms with Crippen LogP contribution >= 0.6 is 0 Å². The van der Waals surface area contributed by atoms with Gasteiger partial charge in [0.2, 0.25) is 0 Å². The zero-order valence-corrected chi connectivity index (χ0v) is 9.74. The summed E-state index contributed by atoms with van der Waals surface area (Å²) in [5, 5.41) is 8.66. The Morgan fingerprint density at radius 3 is 2.40 bits per heavy atom. The van der Waals surface area contributed by atoms with Crippen LogP contribution in [-0.2, 0) is 14.3 Å². The summed E-state index contributed by atoms with van der Waals surface area (Å²) in [6.45, 7) is -1.22. The molecule has 0 heterocycles. The van der Waals surface area contributed by atoms with E-state index in [-0.39, 0.29) is 19.0 Å². The quantitative estimate of drug-likeness (QED) is 0.415. The van der Waals surface area contributed by atoms with E-state index in [0.29, 0.717) is 0 Å². The fourth-order valence-corrected chi connectivity index (χ4v) is 1.08. The lowest BCUT2D eigenvalue weighted by atomic mass is 10.2. The van der Waals surface area contributed by atoms with Crippen LogP contribution in [-0.4, -0.2) is 55.2 Å². The van der Waals surface area contributed by atoms with E-state index in [1.165, 1.54) is 14.1 Å². The van der Waals surface area contributed by atoms with Crippen LogP contribution in [0.2, 0.25) is 0 Å². The number of aliphatic carboxylic acids is 1. The first kappa shape index (κ1) is 10.7. The lowest BCUT2D eigenvalue weighted by molar-refractivity contribution is -0.873. The number of ether oxygens (including phenoxy) is 1. The molecule has 0 fully saturated rings. The second-order valence-corrected chi connectivity index (χ2v) is 3.70. The van der Waals surface area contributed by atoms with Crippen LogP contribution in [0.1, 0.15) is 17.5 Å². The highest BCUT2D eigenvalue weighted by Crippen LogP contribution is 2.04. The SMILES string of the molecule is [2H]C([2H])([2H])[N+](C)(C)C[C@@H](CC(=O)O)OC(C)=O.[Cl-]. The first-order valence-electron chi connectivity index (χ1n) is 5.68. The molecule has 0 unspecified atom stereocenters. The van der Waals surface area contributed by atoms with Gasteiger partial charge in [-0.15, -0.1) is 0 Å². The summed E-state index contributed by atoms with van der Waals surface area (Å²) in [6.07, 6.45) is -1.35. The van der Waals surface area contributed by atoms with Crippen LogP contribution in [0.4, 0.5) is 0 Å². The van der Waals surface area contributed by atoms with Crippen molar-refractivity contribution < 1.29 is 40.4 Å². The third-order valence-corrected chi connectivity index (χ3v) is 1.39. The Labute approximate surface area is 100 Å². The fourth-order valence-electron chi connectivity index (χ4n) is 1.08. The molecule has 6 heteroatoms. The van der Waals surface area contributed by atoms with Crippen molar-refractivity contribution in [1.82, 2.24) is 0 Å². The molecule has 90 valence electrons. The molecular weight excluding hydrogens is 222 g/mol. The number of halogens is 1. The highest BCUT2D eigenvalue weighted by atomic mass is 35.5. The van der Waals surface area contributed by atoms with Gasteiger partial charge in [0.05, 0.1) is 31.6 Å². The van der Waals surface area contributed by atoms with Gasteiger partial charge in [-0.1, -0.05) is 0 Å². The number of nitrogens with zero attached hydrogens (tertiary/aromatic N) is 1. The molecule has 1 atom stereocenters. The van der Waals surface area contributed by atoms with Gasteiger partial charge in [0, 0.05) is 6.92 Å². The van der Waals surface area contributed by atoms with E-state index in [4.69, 9.17) is 14.0 Å². The lowest BCUT2D eigenvalue weighted by Crippen LogP contribution is -3.00. The molecule has 0 radical (unpaired) electrons. The van der Waals surface area contributed by atoms with E-state index in [9.17, 15) is 9.59 Å². The molecule has 0 aromatic rings. The van der Waals surface area contributed by atoms with Crippen LogP contribution in [0, 0.1) is 0 Å². The average molecular weight is 243 g/mol. The van der Waals surface area contributed by atoms with Crippen molar-refractivity contribution in [2.75, 3.05) is 27.6 Å². The Hall–Kier alpha value is -0.810. The maximum atomic E-state index is 10.8. The molecule has 0 bridgehead atoms. The number of carboxylic acids is 1. The van der Waals surface area contributed by atoms with Crippen molar-refractivity contribution in [3.63, 3.8) is 0 Å². The molecule has 0 aromatic carbocycles. The van der Waals surface area contributed by atoms with Gasteiger partial charge in [0.25, 0.3) is 0 Å². The summed E-state index contributed by atoms with van der Waals surface area (Å²) in [7, 11) is 2.87. The lowest BCUT2D eigenvalue weighted by Gasteiger charge is -2.28. The van der Waals surface area contributed by atoms with E-state index in [0.717, 1.165) is 6.92 Å². The number of esters is 1. The molecule has 0 rings (SSSR count). The Kier molecular flexibility index (Phi) is 4.73. The summed E-state index contributed by atoms with van der Waals surface area (Å²) >= 11 is 0. The molecule has 5 nitrogen and oxygen atoms in total. The van der Waals surface area contributed by atoms with E-state index in [2.05, 4.69) is 0 Å². The molecule has 0 aromatic heterocycles. The molecule has 0 aliphatic heterocycles. The van der Waals surface area contributed by atoms with Gasteiger partial charge >= 0.3 is 11.9 Å². The van der Waals surface area contributed by atoms with Gasteiger partial charge in [-0.25, -0.2) is 0 Å². The Morgan fingerprint density at radius 2 is 2.07 bits per heavy atom. The second-order valence-electron chi connectivity index (χ2n) is 3.70. The number of quaternary nitrogens is 1. The normalized spacial score (nSPS) is 16.3. The highest BCUT2D eigenvalue weighted by Gasteiger charge is 2.23. The minimum Gasteiger partial charge on any atom is -1.00 e. The van der Waals surface area contributed by atoms with E-state index >= 15 is 0 Å². The number of hydrogen-bond donors (Lipinski definition) is 1. The third kappa shape index (κ3) is 11.1. The molecule has 0 saturated heterocycles. The van der Waals surface area contributed by atoms with E-state index in [1.807, 2.05) is 0 Å². The third-order valence-electron chi connectivity index (χ3n) is 1.39. The number of hydrogen-bond acceptors (Lipinski definition) is 3. The molecule has 0 saturated carbocycles. The first-order valence-corrected chi connectivity index (χ1v) is 4.18. The monoisotopic (exact) mass is 242 g/mol. The van der Waals surface area contributed by atoms with Gasteiger partial charge in [0.1, 0.15) is 6.54 Å². The fraction of sp³-hybridized carbons (Fsp3) is 0.778. The Bertz CT molecular complexity index is 291. The molecule has 0 aliphatic carbocycles. The molecule has 0 spiro atoms. The van der Waals surface area contributed by atoms with Gasteiger partial charge in [-0.05, 0) is 0 Å². The first-order chi connectivity index (χ1) is 7.45. The minimum atomic E-state index is -2.29. The molecule has 1 N–H and O–H groups in total. The summed E-state index contributed by atoms with van der Waals surface area (Å²) in [6, 6.07) is 0. The maximum Gasteiger partial charge on any atom is 0.307 e. The van der Waals surface area contributed by atoms with Crippen LogP contribution < -0.4 is 12.4 Å². The zero-order chi connectivity index (χ0) is 13.9. The van der Waals surface area contributed by atoms with E-state index in [1.54, 1.807) is 0 Å². The summed E-state index contributed by atoms with van der Waals surface area (Å²) in [4.78, 5) is 21.4. The van der Waals surface area contributed by atoms with Crippen molar-refractivity contribution in [1.29, 1.82) is 0 Å². The van der Waals surface area contributed by atoms with Gasteiger partial charge in [-0.3, -0.25) is 9.59 Å². The largest absolute Gasteiger partial charge is 1.00 e. The number of rotatable bonds is 5. The van der Waals surface area contributed by atoms with Crippen molar-refractivity contribution in [3.8, 4) is 0 Å². The van der Waals surface area contributed by atoms with Gasteiger partial charge < -0.3 is 26.7 Å². The molecule has 0 aliphatic rings. The number of carbonyl (C=O) groups is 2. The predicted octanol–water partition coefficient (Wildman–Crippen LogP) is -2.90. The molecular formula is C9H18ClNO4. The zero-order valence-electron chi connectivity index (χ0n) is 12.0. The average Bonchev–Trinajstić information content (AvgIpc) is 1.96. The van der Waals surface area contributed by atoms with Gasteiger partial charge in [0.15, 0.2) is 6.10 Å². The van der Waals surface area contributed by atoms with Crippen molar-refractivity contribution >= 4 is 11.9 Å².